The fourth-order valence-electron chi connectivity index (χ4n) is 2.94. The highest BCUT2D eigenvalue weighted by atomic mass is 16.4. The van der Waals surface area contributed by atoms with Gasteiger partial charge in [0.15, 0.2) is 5.76 Å². The summed E-state index contributed by atoms with van der Waals surface area (Å²) in [6.45, 7) is 10.0. The summed E-state index contributed by atoms with van der Waals surface area (Å²) in [5.41, 5.74) is 3.13. The molecule has 0 radical (unpaired) electrons. The molecule has 0 atom stereocenters. The van der Waals surface area contributed by atoms with Crippen LogP contribution in [0.5, 0.6) is 0 Å². The third-order valence-electron chi connectivity index (χ3n) is 4.71. The zero-order valence-corrected chi connectivity index (χ0v) is 17.0. The minimum absolute atomic E-state index is 0.0348. The number of hydrogen-bond donors (Lipinski definition) is 1. The number of furan rings is 1. The molecule has 3 rings (SSSR count). The average molecular weight is 377 g/mol. The van der Waals surface area contributed by atoms with E-state index in [4.69, 9.17) is 4.42 Å². The molecule has 0 bridgehead atoms. The number of nitrogens with zero attached hydrogens (tertiary/aromatic N) is 1. The summed E-state index contributed by atoms with van der Waals surface area (Å²) in [4.78, 5) is 14.8. The zero-order chi connectivity index (χ0) is 20.1. The van der Waals surface area contributed by atoms with Gasteiger partial charge in [-0.3, -0.25) is 9.69 Å². The lowest BCUT2D eigenvalue weighted by Crippen LogP contribution is -2.40. The quantitative estimate of drug-likeness (QED) is 0.605. The van der Waals surface area contributed by atoms with Gasteiger partial charge in [0.05, 0.1) is 6.54 Å². The van der Waals surface area contributed by atoms with Crippen molar-refractivity contribution >= 4 is 11.6 Å². The van der Waals surface area contributed by atoms with E-state index in [2.05, 4.69) is 55.3 Å². The number of nitrogens with one attached hydrogen (secondary N) is 1. The zero-order valence-electron chi connectivity index (χ0n) is 17.0. The number of rotatable bonds is 6. The number of hydrogen-bond acceptors (Lipinski definition) is 3. The van der Waals surface area contributed by atoms with Crippen LogP contribution in [0.2, 0.25) is 0 Å². The van der Waals surface area contributed by atoms with Crippen LogP contribution in [0.15, 0.2) is 71.1 Å². The second-order valence-electron chi connectivity index (χ2n) is 8.10. The Labute approximate surface area is 167 Å². The van der Waals surface area contributed by atoms with Gasteiger partial charge >= 0.3 is 0 Å². The van der Waals surface area contributed by atoms with Gasteiger partial charge in [-0.15, -0.1) is 0 Å². The van der Waals surface area contributed by atoms with E-state index in [1.807, 2.05) is 43.3 Å². The fraction of sp³-hybridized carbons (Fsp3) is 0.292. The summed E-state index contributed by atoms with van der Waals surface area (Å²) in [6, 6.07) is 21.7. The van der Waals surface area contributed by atoms with Crippen LogP contribution in [-0.2, 0) is 13.1 Å². The first-order valence-electron chi connectivity index (χ1n) is 9.57. The first-order valence-corrected chi connectivity index (χ1v) is 9.57. The molecule has 3 aromatic rings. The Balaban J connectivity index is 1.68. The molecule has 0 aliphatic carbocycles. The molecule has 146 valence electrons. The molecule has 0 saturated carbocycles. The second kappa shape index (κ2) is 8.44. The summed E-state index contributed by atoms with van der Waals surface area (Å²) in [5, 5.41) is 2.88. The molecule has 28 heavy (non-hydrogen) atoms. The van der Waals surface area contributed by atoms with Crippen molar-refractivity contribution in [3.63, 3.8) is 0 Å². The molecule has 0 unspecified atom stereocenters. The highest BCUT2D eigenvalue weighted by Gasteiger charge is 2.23. The van der Waals surface area contributed by atoms with Gasteiger partial charge in [0, 0.05) is 17.8 Å². The van der Waals surface area contributed by atoms with Crippen molar-refractivity contribution in [2.24, 2.45) is 0 Å². The molecule has 4 heteroatoms. The monoisotopic (exact) mass is 376 g/mol. The Hall–Kier alpha value is -2.85. The Bertz CT molecular complexity index is 906. The topological polar surface area (TPSA) is 45.5 Å². The summed E-state index contributed by atoms with van der Waals surface area (Å²) in [5.74, 6) is 0.865. The van der Waals surface area contributed by atoms with Crippen molar-refractivity contribution in [1.29, 1.82) is 0 Å². The van der Waals surface area contributed by atoms with Crippen LogP contribution in [-0.4, -0.2) is 16.3 Å². The van der Waals surface area contributed by atoms with Crippen LogP contribution in [0.25, 0.3) is 0 Å². The number of amides is 1. The SMILES string of the molecule is Cc1ccc(NC(=O)c2ccc(CN(Cc3ccccc3)C(C)(C)C)o2)cc1. The van der Waals surface area contributed by atoms with Crippen molar-refractivity contribution in [2.75, 3.05) is 5.32 Å². The highest BCUT2D eigenvalue weighted by molar-refractivity contribution is 6.02. The van der Waals surface area contributed by atoms with E-state index in [-0.39, 0.29) is 11.4 Å². The fourth-order valence-corrected chi connectivity index (χ4v) is 2.94. The van der Waals surface area contributed by atoms with Crippen LogP contribution in [0.1, 0.15) is 48.2 Å². The van der Waals surface area contributed by atoms with Crippen molar-refractivity contribution in [2.45, 2.75) is 46.3 Å². The van der Waals surface area contributed by atoms with Crippen molar-refractivity contribution in [1.82, 2.24) is 4.90 Å². The maximum atomic E-state index is 12.5. The summed E-state index contributed by atoms with van der Waals surface area (Å²) in [6.07, 6.45) is 0. The Morgan fingerprint density at radius 2 is 1.61 bits per heavy atom. The maximum absolute atomic E-state index is 12.5. The molecule has 4 nitrogen and oxygen atoms in total. The van der Waals surface area contributed by atoms with Gasteiger partial charge in [0.1, 0.15) is 5.76 Å². The van der Waals surface area contributed by atoms with Gasteiger partial charge in [-0.1, -0.05) is 48.0 Å². The Morgan fingerprint density at radius 3 is 2.25 bits per heavy atom. The molecular formula is C24H28N2O2. The molecule has 1 heterocycles. The third kappa shape index (κ3) is 5.33. The molecule has 0 aliphatic rings. The van der Waals surface area contributed by atoms with E-state index in [1.54, 1.807) is 6.07 Å². The number of carbonyl (C=O) groups is 1. The number of anilines is 1. The van der Waals surface area contributed by atoms with E-state index < -0.39 is 0 Å². The molecular weight excluding hydrogens is 348 g/mol. The van der Waals surface area contributed by atoms with Crippen LogP contribution >= 0.6 is 0 Å². The van der Waals surface area contributed by atoms with Gasteiger partial charge in [-0.2, -0.15) is 0 Å². The van der Waals surface area contributed by atoms with Gasteiger partial charge in [0.25, 0.3) is 5.91 Å². The molecule has 0 saturated heterocycles. The number of benzene rings is 2. The van der Waals surface area contributed by atoms with Crippen LogP contribution in [0, 0.1) is 6.92 Å². The first kappa shape index (κ1) is 19.9. The number of carbonyl (C=O) groups excluding carboxylic acids is 1. The lowest BCUT2D eigenvalue weighted by atomic mass is 10.0. The van der Waals surface area contributed by atoms with Gasteiger partial charge in [-0.25, -0.2) is 0 Å². The van der Waals surface area contributed by atoms with Crippen LogP contribution in [0.3, 0.4) is 0 Å². The maximum Gasteiger partial charge on any atom is 0.291 e. The van der Waals surface area contributed by atoms with Crippen molar-refractivity contribution in [3.8, 4) is 0 Å². The molecule has 0 spiro atoms. The largest absolute Gasteiger partial charge is 0.455 e. The smallest absolute Gasteiger partial charge is 0.291 e. The highest BCUT2D eigenvalue weighted by Crippen LogP contribution is 2.22. The Kier molecular flexibility index (Phi) is 6.00. The minimum atomic E-state index is -0.236. The average Bonchev–Trinajstić information content (AvgIpc) is 3.12. The second-order valence-corrected chi connectivity index (χ2v) is 8.10. The van der Waals surface area contributed by atoms with Gasteiger partial charge in [0.2, 0.25) is 0 Å². The number of aryl methyl sites for hydroxylation is 1. The van der Waals surface area contributed by atoms with Gasteiger partial charge in [-0.05, 0) is 57.5 Å². The van der Waals surface area contributed by atoms with Gasteiger partial charge < -0.3 is 9.73 Å². The van der Waals surface area contributed by atoms with E-state index in [0.717, 1.165) is 23.6 Å². The normalized spacial score (nSPS) is 11.6. The van der Waals surface area contributed by atoms with Crippen LogP contribution < -0.4 is 5.32 Å². The summed E-state index contributed by atoms with van der Waals surface area (Å²) in [7, 11) is 0. The standard InChI is InChI=1S/C24H28N2O2/c1-18-10-12-20(13-11-18)25-23(27)22-15-14-21(28-22)17-26(24(2,3)4)16-19-8-6-5-7-9-19/h5-15H,16-17H2,1-4H3,(H,25,27). The van der Waals surface area contributed by atoms with E-state index in [9.17, 15) is 4.79 Å². The van der Waals surface area contributed by atoms with Crippen LogP contribution in [0.4, 0.5) is 5.69 Å². The molecule has 1 amide bonds. The molecule has 1 aromatic heterocycles. The predicted molar refractivity (Wildman–Crippen MR) is 113 cm³/mol. The first-order chi connectivity index (χ1) is 13.3. The minimum Gasteiger partial charge on any atom is -0.455 e. The lowest BCUT2D eigenvalue weighted by molar-refractivity contribution is 0.0969. The van der Waals surface area contributed by atoms with E-state index in [0.29, 0.717) is 12.3 Å². The van der Waals surface area contributed by atoms with E-state index >= 15 is 0 Å². The summed E-state index contributed by atoms with van der Waals surface area (Å²) >= 11 is 0. The lowest BCUT2D eigenvalue weighted by Gasteiger charge is -2.35. The van der Waals surface area contributed by atoms with Crippen molar-refractivity contribution in [3.05, 3.63) is 89.4 Å². The molecule has 2 aromatic carbocycles. The third-order valence-corrected chi connectivity index (χ3v) is 4.71. The Morgan fingerprint density at radius 1 is 0.929 bits per heavy atom. The predicted octanol–water partition coefficient (Wildman–Crippen LogP) is 5.64. The molecule has 0 aliphatic heterocycles. The molecule has 1 N–H and O–H groups in total. The van der Waals surface area contributed by atoms with Crippen molar-refractivity contribution < 1.29 is 9.21 Å². The van der Waals surface area contributed by atoms with E-state index in [1.165, 1.54) is 5.56 Å². The molecule has 0 fully saturated rings. The summed E-state index contributed by atoms with van der Waals surface area (Å²) < 4.78 is 5.85.